The first-order valence-corrected chi connectivity index (χ1v) is 10.4. The van der Waals surface area contributed by atoms with Crippen molar-refractivity contribution in [3.05, 3.63) is 97.1 Å². The third kappa shape index (κ3) is 4.20. The number of benzene rings is 1. The van der Waals surface area contributed by atoms with Crippen LogP contribution in [0.2, 0.25) is 0 Å². The molecule has 0 saturated heterocycles. The Labute approximate surface area is 168 Å². The molecule has 29 heavy (non-hydrogen) atoms. The minimum absolute atomic E-state index is 0.143. The molecule has 3 heterocycles. The topological polar surface area (TPSA) is 103 Å². The van der Waals surface area contributed by atoms with E-state index in [9.17, 15) is 8.42 Å². The first-order chi connectivity index (χ1) is 14.1. The summed E-state index contributed by atoms with van der Waals surface area (Å²) in [5.41, 5.74) is 2.22. The van der Waals surface area contributed by atoms with E-state index in [-0.39, 0.29) is 4.90 Å². The fourth-order valence-corrected chi connectivity index (χ4v) is 4.38. The predicted octanol–water partition coefficient (Wildman–Crippen LogP) is 2.32. The Kier molecular flexibility index (Phi) is 5.41. The second kappa shape index (κ2) is 8.29. The van der Waals surface area contributed by atoms with Crippen LogP contribution in [0.1, 0.15) is 16.6 Å². The normalized spacial score (nSPS) is 12.6. The predicted molar refractivity (Wildman–Crippen MR) is 107 cm³/mol. The zero-order valence-corrected chi connectivity index (χ0v) is 16.1. The van der Waals surface area contributed by atoms with Gasteiger partial charge in [0.15, 0.2) is 5.37 Å². The molecule has 0 bridgehead atoms. The van der Waals surface area contributed by atoms with E-state index in [0.29, 0.717) is 12.2 Å². The Morgan fingerprint density at radius 2 is 1.83 bits per heavy atom. The average molecular weight is 406 g/mol. The number of hydrogen-bond donors (Lipinski definition) is 1. The van der Waals surface area contributed by atoms with Gasteiger partial charge in [-0.3, -0.25) is 15.3 Å². The second-order valence-corrected chi connectivity index (χ2v) is 8.29. The Bertz CT molecular complexity index is 1150. The summed E-state index contributed by atoms with van der Waals surface area (Å²) >= 11 is 0. The highest BCUT2D eigenvalue weighted by Gasteiger charge is 2.30. The Morgan fingerprint density at radius 1 is 0.966 bits per heavy atom. The smallest absolute Gasteiger partial charge is 0.201 e. The molecular weight excluding hydrogens is 388 g/mol. The number of nitrogens with one attached hydrogen (secondary N) is 1. The number of sulfone groups is 1. The van der Waals surface area contributed by atoms with Crippen molar-refractivity contribution in [1.29, 1.82) is 0 Å². The average Bonchev–Trinajstić information content (AvgIpc) is 3.31. The first-order valence-electron chi connectivity index (χ1n) is 8.87. The van der Waals surface area contributed by atoms with Crippen LogP contribution in [-0.4, -0.2) is 33.2 Å². The zero-order chi connectivity index (χ0) is 20.1. The molecule has 9 heteroatoms. The quantitative estimate of drug-likeness (QED) is 0.502. The maximum atomic E-state index is 13.2. The summed E-state index contributed by atoms with van der Waals surface area (Å²) in [5, 5.41) is 6.23. The van der Waals surface area contributed by atoms with Crippen molar-refractivity contribution in [3.63, 3.8) is 0 Å². The van der Waals surface area contributed by atoms with Crippen LogP contribution >= 0.6 is 0 Å². The molecule has 0 radical (unpaired) electrons. The van der Waals surface area contributed by atoms with Crippen molar-refractivity contribution >= 4 is 9.84 Å². The highest BCUT2D eigenvalue weighted by Crippen LogP contribution is 2.25. The summed E-state index contributed by atoms with van der Waals surface area (Å²) in [6.07, 6.45) is 7.55. The molecule has 8 nitrogen and oxygen atoms in total. The van der Waals surface area contributed by atoms with E-state index in [1.807, 2.05) is 24.3 Å². The van der Waals surface area contributed by atoms with Gasteiger partial charge in [-0.25, -0.2) is 18.1 Å². The summed E-state index contributed by atoms with van der Waals surface area (Å²) in [5.74, 6) is 0. The summed E-state index contributed by atoms with van der Waals surface area (Å²) in [6.45, 7) is 0.346. The van der Waals surface area contributed by atoms with Gasteiger partial charge in [-0.1, -0.05) is 18.2 Å². The molecule has 1 atom stereocenters. The molecule has 4 aromatic rings. The van der Waals surface area contributed by atoms with Gasteiger partial charge < -0.3 is 0 Å². The van der Waals surface area contributed by atoms with E-state index in [4.69, 9.17) is 0 Å². The van der Waals surface area contributed by atoms with Crippen molar-refractivity contribution in [2.45, 2.75) is 16.8 Å². The SMILES string of the molecule is O=S(=O)(c1cccnc1)C(NCc1ccc(-n2cncn2)cc1)c1ccccn1. The van der Waals surface area contributed by atoms with Crippen LogP contribution in [0.3, 0.4) is 0 Å². The van der Waals surface area contributed by atoms with Gasteiger partial charge in [0.05, 0.1) is 16.3 Å². The Balaban J connectivity index is 1.58. The van der Waals surface area contributed by atoms with E-state index in [2.05, 4.69) is 25.4 Å². The van der Waals surface area contributed by atoms with Crippen molar-refractivity contribution in [3.8, 4) is 5.69 Å². The molecule has 4 rings (SSSR count). The van der Waals surface area contributed by atoms with Crippen LogP contribution < -0.4 is 5.32 Å². The van der Waals surface area contributed by atoms with Crippen LogP contribution in [0, 0.1) is 0 Å². The lowest BCUT2D eigenvalue weighted by Crippen LogP contribution is -2.29. The number of pyridine rings is 2. The number of aromatic nitrogens is 5. The molecule has 0 spiro atoms. The van der Waals surface area contributed by atoms with Crippen LogP contribution in [0.4, 0.5) is 0 Å². The third-order valence-corrected chi connectivity index (χ3v) is 6.27. The molecule has 3 aromatic heterocycles. The van der Waals surface area contributed by atoms with Crippen LogP contribution in [-0.2, 0) is 16.4 Å². The van der Waals surface area contributed by atoms with Gasteiger partial charge >= 0.3 is 0 Å². The van der Waals surface area contributed by atoms with Gasteiger partial charge in [-0.05, 0) is 42.0 Å². The molecule has 1 unspecified atom stereocenters. The highest BCUT2D eigenvalue weighted by molar-refractivity contribution is 7.91. The summed E-state index contributed by atoms with van der Waals surface area (Å²) < 4.78 is 28.1. The monoisotopic (exact) mass is 406 g/mol. The van der Waals surface area contributed by atoms with Gasteiger partial charge in [0.25, 0.3) is 0 Å². The number of hydrogen-bond acceptors (Lipinski definition) is 7. The molecule has 1 aromatic carbocycles. The van der Waals surface area contributed by atoms with Crippen molar-refractivity contribution in [1.82, 2.24) is 30.0 Å². The van der Waals surface area contributed by atoms with Crippen LogP contribution in [0.5, 0.6) is 0 Å². The van der Waals surface area contributed by atoms with Crippen LogP contribution in [0.25, 0.3) is 5.69 Å². The molecule has 1 N–H and O–H groups in total. The van der Waals surface area contributed by atoms with Crippen LogP contribution in [0.15, 0.2) is 90.7 Å². The largest absolute Gasteiger partial charge is 0.292 e. The molecule has 0 amide bonds. The van der Waals surface area contributed by atoms with Gasteiger partial charge in [0.2, 0.25) is 9.84 Å². The lowest BCUT2D eigenvalue weighted by atomic mass is 10.2. The molecule has 0 fully saturated rings. The highest BCUT2D eigenvalue weighted by atomic mass is 32.2. The van der Waals surface area contributed by atoms with Gasteiger partial charge in [-0.15, -0.1) is 0 Å². The Hall–Kier alpha value is -3.43. The zero-order valence-electron chi connectivity index (χ0n) is 15.3. The van der Waals surface area contributed by atoms with Gasteiger partial charge in [0, 0.05) is 25.1 Å². The summed E-state index contributed by atoms with van der Waals surface area (Å²) in [6, 6.07) is 16.0. The lowest BCUT2D eigenvalue weighted by molar-refractivity contribution is 0.550. The van der Waals surface area contributed by atoms with Crippen molar-refractivity contribution in [2.24, 2.45) is 0 Å². The maximum absolute atomic E-state index is 13.2. The minimum atomic E-state index is -3.73. The fourth-order valence-electron chi connectivity index (χ4n) is 2.87. The lowest BCUT2D eigenvalue weighted by Gasteiger charge is -2.19. The van der Waals surface area contributed by atoms with Gasteiger partial charge in [-0.2, -0.15) is 5.10 Å². The van der Waals surface area contributed by atoms with Gasteiger partial charge in [0.1, 0.15) is 12.7 Å². The molecule has 0 aliphatic carbocycles. The standard InChI is InChI=1S/C20H18N6O2S/c27-29(28,18-4-3-10-21-13-18)20(19-5-1-2-11-23-19)24-12-16-6-8-17(9-7-16)26-15-22-14-25-26/h1-11,13-15,20,24H,12H2. The summed E-state index contributed by atoms with van der Waals surface area (Å²) in [7, 11) is -3.73. The number of rotatable bonds is 7. The van der Waals surface area contributed by atoms with E-state index in [0.717, 1.165) is 11.3 Å². The molecular formula is C20H18N6O2S. The molecule has 0 aliphatic rings. The molecule has 0 aliphatic heterocycles. The van der Waals surface area contributed by atoms with Crippen molar-refractivity contribution in [2.75, 3.05) is 0 Å². The molecule has 0 saturated carbocycles. The molecule has 146 valence electrons. The second-order valence-electron chi connectivity index (χ2n) is 6.26. The first kappa shape index (κ1) is 18.9. The van der Waals surface area contributed by atoms with E-state index < -0.39 is 15.2 Å². The maximum Gasteiger partial charge on any atom is 0.201 e. The van der Waals surface area contributed by atoms with E-state index in [1.165, 1.54) is 18.6 Å². The fraction of sp³-hybridized carbons (Fsp3) is 0.100. The van der Waals surface area contributed by atoms with E-state index >= 15 is 0 Å². The Morgan fingerprint density at radius 3 is 2.48 bits per heavy atom. The minimum Gasteiger partial charge on any atom is -0.292 e. The third-order valence-electron chi connectivity index (χ3n) is 4.34. The number of nitrogens with zero attached hydrogens (tertiary/aromatic N) is 5. The summed E-state index contributed by atoms with van der Waals surface area (Å²) in [4.78, 5) is 12.3. The van der Waals surface area contributed by atoms with E-state index in [1.54, 1.807) is 47.7 Å². The van der Waals surface area contributed by atoms with Crippen molar-refractivity contribution < 1.29 is 8.42 Å².